The highest BCUT2D eigenvalue weighted by Crippen LogP contribution is 2.31. The van der Waals surface area contributed by atoms with Gasteiger partial charge in [0.05, 0.1) is 48.7 Å². The predicted octanol–water partition coefficient (Wildman–Crippen LogP) is 4.90. The molecule has 0 aliphatic carbocycles. The Morgan fingerprint density at radius 1 is 0.982 bits per heavy atom. The number of methoxy groups -OCH3 is 2. The number of ether oxygens (including phenoxy) is 2. The molecule has 2 aliphatic rings. The topological polar surface area (TPSA) is 150 Å². The molecule has 1 aromatic carbocycles. The molecule has 3 heterocycles. The molecule has 2 unspecified atom stereocenters. The molecule has 4 rings (SSSR count). The summed E-state index contributed by atoms with van der Waals surface area (Å²) in [6.07, 6.45) is 3.18. The van der Waals surface area contributed by atoms with Crippen LogP contribution in [0.15, 0.2) is 35.7 Å². The third kappa shape index (κ3) is 11.5. The average Bonchev–Trinajstić information content (AvgIpc) is 3.98. The van der Waals surface area contributed by atoms with Crippen LogP contribution in [0.5, 0.6) is 0 Å². The summed E-state index contributed by atoms with van der Waals surface area (Å²) in [6, 6.07) is 7.56. The minimum absolute atomic E-state index is 0.0146. The largest absolute Gasteiger partial charge is 0.379 e. The molecule has 57 heavy (non-hydrogen) atoms. The number of carbonyl (C=O) groups excluding carboxylic acids is 5. The van der Waals surface area contributed by atoms with E-state index in [4.69, 9.17) is 9.47 Å². The number of nitrogens with zero attached hydrogens (tertiary/aromatic N) is 4. The molecular weight excluding hydrogens is 745 g/mol. The Bertz CT molecular complexity index is 1650. The second kappa shape index (κ2) is 21.3. The summed E-state index contributed by atoms with van der Waals surface area (Å²) in [5.74, 6) is -1.65. The maximum Gasteiger partial charge on any atom is 0.245 e. The van der Waals surface area contributed by atoms with E-state index in [1.165, 1.54) is 18.3 Å². The van der Waals surface area contributed by atoms with Gasteiger partial charge in [-0.1, -0.05) is 71.4 Å². The molecule has 13 nitrogen and oxygen atoms in total. The van der Waals surface area contributed by atoms with Crippen molar-refractivity contribution in [1.82, 2.24) is 30.3 Å². The van der Waals surface area contributed by atoms with Crippen LogP contribution in [0, 0.1) is 17.8 Å². The van der Waals surface area contributed by atoms with E-state index >= 15 is 0 Å². The molecule has 4 amide bonds. The number of amides is 4. The molecule has 1 aromatic heterocycles. The van der Waals surface area contributed by atoms with E-state index in [1.54, 1.807) is 31.5 Å². The number of rotatable bonds is 20. The van der Waals surface area contributed by atoms with Crippen molar-refractivity contribution in [3.63, 3.8) is 0 Å². The second-order valence-corrected chi connectivity index (χ2v) is 17.2. The Balaban J connectivity index is 1.49. The van der Waals surface area contributed by atoms with E-state index in [2.05, 4.69) is 29.5 Å². The molecule has 14 heteroatoms. The second-order valence-electron chi connectivity index (χ2n) is 16.3. The minimum Gasteiger partial charge on any atom is -0.379 e. The normalized spacial score (nSPS) is 21.0. The predicted molar refractivity (Wildman–Crippen MR) is 222 cm³/mol. The molecule has 0 saturated carbocycles. The van der Waals surface area contributed by atoms with E-state index in [9.17, 15) is 24.0 Å². The number of carbonyl (C=O) groups is 5. The van der Waals surface area contributed by atoms with Crippen LogP contribution in [-0.4, -0.2) is 127 Å². The van der Waals surface area contributed by atoms with Gasteiger partial charge in [0.25, 0.3) is 0 Å². The van der Waals surface area contributed by atoms with E-state index in [0.717, 1.165) is 37.8 Å². The number of benzene rings is 1. The standard InChI is InChI=1S/C43H66N6O7S/c1-11-27(4)38(48(8)43(54)37(26(2)3)46-41(53)34-20-15-21-47(34)7)35(55-9)24-36(51)49-22-16-19-33(49)39(56-10)28(5)40(52)44-31(23-30-17-13-12-14-18-30)42-45-32(25-57-42)29(6)50/h12-14,17-18,25-28,31,33-35,37-39H,11,15-16,19-24H2,1-10H3,(H,44,52)(H,46,53)/t27?,28-,31+,33?,34+,35-,37+,38+,39-/m1/s1. The lowest BCUT2D eigenvalue weighted by molar-refractivity contribution is -0.148. The van der Waals surface area contributed by atoms with Gasteiger partial charge in [0, 0.05) is 40.1 Å². The summed E-state index contributed by atoms with van der Waals surface area (Å²) < 4.78 is 12.1. The van der Waals surface area contributed by atoms with Gasteiger partial charge < -0.3 is 29.9 Å². The van der Waals surface area contributed by atoms with Crippen molar-refractivity contribution in [3.05, 3.63) is 52.0 Å². The molecule has 2 N–H and O–H groups in total. The van der Waals surface area contributed by atoms with Gasteiger partial charge in [0.2, 0.25) is 23.6 Å². The fourth-order valence-electron chi connectivity index (χ4n) is 8.49. The number of likely N-dealkylation sites (N-methyl/N-ethyl adjacent to an activating group) is 2. The first-order chi connectivity index (χ1) is 27.1. The van der Waals surface area contributed by atoms with Crippen LogP contribution in [0.2, 0.25) is 0 Å². The van der Waals surface area contributed by atoms with Crippen LogP contribution in [0.4, 0.5) is 0 Å². The smallest absolute Gasteiger partial charge is 0.245 e. The summed E-state index contributed by atoms with van der Waals surface area (Å²) in [6.45, 7) is 12.6. The van der Waals surface area contributed by atoms with Gasteiger partial charge >= 0.3 is 0 Å². The van der Waals surface area contributed by atoms with Gasteiger partial charge in [0.15, 0.2) is 5.78 Å². The number of hydrogen-bond acceptors (Lipinski definition) is 10. The fraction of sp³-hybridized carbons (Fsp3) is 0.674. The first-order valence-corrected chi connectivity index (χ1v) is 21.4. The molecular formula is C43H66N6O7S. The number of thiazole rings is 1. The van der Waals surface area contributed by atoms with Crippen LogP contribution in [0.25, 0.3) is 0 Å². The monoisotopic (exact) mass is 810 g/mol. The lowest BCUT2D eigenvalue weighted by Gasteiger charge is -2.41. The van der Waals surface area contributed by atoms with Crippen molar-refractivity contribution in [2.24, 2.45) is 17.8 Å². The van der Waals surface area contributed by atoms with E-state index in [-0.39, 0.29) is 59.8 Å². The third-order valence-corrected chi connectivity index (χ3v) is 13.1. The van der Waals surface area contributed by atoms with Crippen molar-refractivity contribution in [2.75, 3.05) is 41.4 Å². The minimum atomic E-state index is -0.728. The zero-order valence-electron chi connectivity index (χ0n) is 35.7. The Labute approximate surface area is 343 Å². The number of hydrogen-bond donors (Lipinski definition) is 2. The molecule has 9 atom stereocenters. The first kappa shape index (κ1) is 46.0. The van der Waals surface area contributed by atoms with Crippen molar-refractivity contribution in [1.29, 1.82) is 0 Å². The van der Waals surface area contributed by atoms with Crippen LogP contribution >= 0.6 is 11.3 Å². The zero-order chi connectivity index (χ0) is 42.0. The van der Waals surface area contributed by atoms with Gasteiger partial charge in [-0.2, -0.15) is 0 Å². The molecule has 2 fully saturated rings. The van der Waals surface area contributed by atoms with E-state index in [0.29, 0.717) is 30.1 Å². The Hall–Kier alpha value is -3.72. The lowest BCUT2D eigenvalue weighted by atomic mass is 9.89. The van der Waals surface area contributed by atoms with E-state index < -0.39 is 36.3 Å². The van der Waals surface area contributed by atoms with Crippen LogP contribution in [-0.2, 0) is 35.1 Å². The number of likely N-dealkylation sites (tertiary alicyclic amines) is 2. The van der Waals surface area contributed by atoms with E-state index in [1.807, 2.05) is 68.0 Å². The van der Waals surface area contributed by atoms with Gasteiger partial charge in [0.1, 0.15) is 16.7 Å². The van der Waals surface area contributed by atoms with Gasteiger partial charge in [-0.05, 0) is 63.1 Å². The summed E-state index contributed by atoms with van der Waals surface area (Å²) in [7, 11) is 6.82. The molecule has 2 aromatic rings. The summed E-state index contributed by atoms with van der Waals surface area (Å²) >= 11 is 1.34. The Morgan fingerprint density at radius 2 is 1.67 bits per heavy atom. The molecule has 316 valence electrons. The van der Waals surface area contributed by atoms with Crippen LogP contribution < -0.4 is 10.6 Å². The summed E-state index contributed by atoms with van der Waals surface area (Å²) in [4.78, 5) is 78.1. The number of aromatic nitrogens is 1. The van der Waals surface area contributed by atoms with Crippen molar-refractivity contribution in [3.8, 4) is 0 Å². The highest BCUT2D eigenvalue weighted by Gasteiger charge is 2.43. The van der Waals surface area contributed by atoms with Crippen molar-refractivity contribution in [2.45, 2.75) is 129 Å². The fourth-order valence-corrected chi connectivity index (χ4v) is 9.40. The number of nitrogens with one attached hydrogen (secondary N) is 2. The number of ketones is 1. The highest BCUT2D eigenvalue weighted by atomic mass is 32.1. The van der Waals surface area contributed by atoms with Gasteiger partial charge in [-0.25, -0.2) is 4.98 Å². The Morgan fingerprint density at radius 3 is 2.23 bits per heavy atom. The molecule has 2 aliphatic heterocycles. The van der Waals surface area contributed by atoms with Gasteiger partial charge in [-0.3, -0.25) is 28.9 Å². The average molecular weight is 811 g/mol. The maximum atomic E-state index is 14.3. The van der Waals surface area contributed by atoms with Crippen molar-refractivity contribution >= 4 is 40.7 Å². The van der Waals surface area contributed by atoms with Gasteiger partial charge in [-0.15, -0.1) is 11.3 Å². The molecule has 2 saturated heterocycles. The quantitative estimate of drug-likeness (QED) is 0.178. The highest BCUT2D eigenvalue weighted by molar-refractivity contribution is 7.09. The first-order valence-electron chi connectivity index (χ1n) is 20.6. The van der Waals surface area contributed by atoms with Crippen molar-refractivity contribution < 1.29 is 33.4 Å². The lowest BCUT2D eigenvalue weighted by Crippen LogP contribution is -2.59. The number of Topliss-reactive ketones (excluding diaryl/α,β-unsaturated/α-hetero) is 1. The molecule has 0 bridgehead atoms. The SMILES string of the molecule is CCC(C)[C@@H]([C@@H](CC(=O)N1CCCC1[C@H](OC)[C@@H](C)C(=O)N[C@@H](Cc1ccccc1)c1nc(C(C)=O)cs1)OC)N(C)C(=O)[C@@H](NC(=O)[C@@H]1CCCN1C)C(C)C. The maximum absolute atomic E-state index is 14.3. The third-order valence-electron chi connectivity index (χ3n) is 12.1. The molecule has 0 spiro atoms. The van der Waals surface area contributed by atoms with Crippen LogP contribution in [0.1, 0.15) is 107 Å². The zero-order valence-corrected chi connectivity index (χ0v) is 36.5. The summed E-state index contributed by atoms with van der Waals surface area (Å²) in [5.41, 5.74) is 1.38. The van der Waals surface area contributed by atoms with Crippen LogP contribution in [0.3, 0.4) is 0 Å². The Kier molecular flexibility index (Phi) is 17.2. The summed E-state index contributed by atoms with van der Waals surface area (Å²) in [5, 5.41) is 8.60. The molecule has 0 radical (unpaired) electrons.